The second-order valence-electron chi connectivity index (χ2n) is 11.3. The predicted octanol–water partition coefficient (Wildman–Crippen LogP) is 8.90. The molecular weight excluding hydrogens is 605 g/mol. The van der Waals surface area contributed by atoms with Gasteiger partial charge >= 0.3 is 0 Å². The topological polar surface area (TPSA) is 102 Å². The number of aliphatic imine (C=N–C) groups is 3. The summed E-state index contributed by atoms with van der Waals surface area (Å²) in [4.78, 5) is 39.1. The van der Waals surface area contributed by atoms with Crippen molar-refractivity contribution in [3.8, 4) is 11.4 Å². The summed E-state index contributed by atoms with van der Waals surface area (Å²) in [6, 6.07) is 33.8. The fourth-order valence-corrected chi connectivity index (χ4v) is 5.77. The van der Waals surface area contributed by atoms with Crippen LogP contribution in [0.15, 0.2) is 155 Å². The average Bonchev–Trinajstić information content (AvgIpc) is 3.16. The van der Waals surface area contributed by atoms with Gasteiger partial charge in [-0.15, -0.1) is 0 Å². The van der Waals surface area contributed by atoms with Crippen LogP contribution in [0.5, 0.6) is 0 Å². The van der Waals surface area contributed by atoms with Gasteiger partial charge in [-0.2, -0.15) is 0 Å². The first-order valence-electron chi connectivity index (χ1n) is 15.8. The van der Waals surface area contributed by atoms with Gasteiger partial charge in [0.15, 0.2) is 0 Å². The Hall–Kier alpha value is -6.80. The second kappa shape index (κ2) is 12.8. The van der Waals surface area contributed by atoms with Crippen LogP contribution in [-0.4, -0.2) is 43.1 Å². The number of benzene rings is 2. The van der Waals surface area contributed by atoms with Crippen molar-refractivity contribution in [1.29, 1.82) is 0 Å². The Morgan fingerprint density at radius 3 is 1.76 bits per heavy atom. The molecule has 0 aliphatic carbocycles. The molecule has 0 N–H and O–H groups in total. The Kier molecular flexibility index (Phi) is 7.71. The van der Waals surface area contributed by atoms with Crippen molar-refractivity contribution in [3.05, 3.63) is 168 Å². The number of aromatic nitrogens is 5. The van der Waals surface area contributed by atoms with Gasteiger partial charge in [-0.1, -0.05) is 54.6 Å². The number of hydrogen-bond donors (Lipinski definition) is 0. The summed E-state index contributed by atoms with van der Waals surface area (Å²) in [5.74, 6) is 0. The van der Waals surface area contributed by atoms with Crippen LogP contribution in [0.4, 0.5) is 11.4 Å². The number of hydrogen-bond acceptors (Lipinski definition) is 8. The van der Waals surface area contributed by atoms with Crippen LogP contribution in [0.2, 0.25) is 0 Å². The lowest BCUT2D eigenvalue weighted by Crippen LogP contribution is -2.14. The molecule has 8 nitrogen and oxygen atoms in total. The highest BCUT2D eigenvalue weighted by Crippen LogP contribution is 2.35. The molecule has 8 rings (SSSR count). The van der Waals surface area contributed by atoms with Crippen LogP contribution in [0, 0.1) is 0 Å². The third kappa shape index (κ3) is 5.72. The molecule has 232 valence electrons. The monoisotopic (exact) mass is 632 g/mol. The molecule has 7 aromatic rings. The highest BCUT2D eigenvalue weighted by atomic mass is 14.9. The lowest BCUT2D eigenvalue weighted by molar-refractivity contribution is 1.22. The molecule has 0 amide bonds. The highest BCUT2D eigenvalue weighted by molar-refractivity contribution is 6.22. The third-order valence-electron chi connectivity index (χ3n) is 8.20. The van der Waals surface area contributed by atoms with Crippen LogP contribution in [0.3, 0.4) is 0 Å². The van der Waals surface area contributed by atoms with Gasteiger partial charge in [0.2, 0.25) is 0 Å². The maximum atomic E-state index is 5.33. The van der Waals surface area contributed by atoms with Crippen LogP contribution in [0.1, 0.15) is 35.1 Å². The van der Waals surface area contributed by atoms with Gasteiger partial charge in [0, 0.05) is 40.5 Å². The van der Waals surface area contributed by atoms with E-state index in [2.05, 4.69) is 28.8 Å². The molecule has 0 unspecified atom stereocenters. The van der Waals surface area contributed by atoms with Gasteiger partial charge in [-0.3, -0.25) is 19.9 Å². The van der Waals surface area contributed by atoms with E-state index >= 15 is 0 Å². The van der Waals surface area contributed by atoms with Crippen LogP contribution < -0.4 is 0 Å². The van der Waals surface area contributed by atoms with Gasteiger partial charge < -0.3 is 0 Å². The Bertz CT molecular complexity index is 2500. The summed E-state index contributed by atoms with van der Waals surface area (Å²) >= 11 is 0. The summed E-state index contributed by atoms with van der Waals surface area (Å²) in [6.45, 7) is 5.68. The van der Waals surface area contributed by atoms with Gasteiger partial charge in [-0.05, 0) is 80.4 Å². The largest absolute Gasteiger partial charge is 0.262 e. The van der Waals surface area contributed by atoms with Crippen molar-refractivity contribution in [2.75, 3.05) is 0 Å². The van der Waals surface area contributed by atoms with Gasteiger partial charge in [-0.25, -0.2) is 20.0 Å². The first-order valence-corrected chi connectivity index (χ1v) is 15.8. The molecule has 2 aromatic carbocycles. The fourth-order valence-electron chi connectivity index (χ4n) is 5.77. The van der Waals surface area contributed by atoms with Crippen molar-refractivity contribution in [2.24, 2.45) is 15.0 Å². The lowest BCUT2D eigenvalue weighted by Gasteiger charge is -2.18. The normalized spacial score (nSPS) is 13.0. The molecule has 0 radical (unpaired) electrons. The van der Waals surface area contributed by atoms with E-state index in [0.29, 0.717) is 45.6 Å². The maximum Gasteiger partial charge on any atom is 0.116 e. The van der Waals surface area contributed by atoms with Crippen LogP contribution >= 0.6 is 0 Å². The Balaban J connectivity index is 1.37. The third-order valence-corrected chi connectivity index (χ3v) is 8.20. The van der Waals surface area contributed by atoms with E-state index < -0.39 is 0 Å². The molecule has 0 saturated carbocycles. The number of allylic oxidation sites excluding steroid dienone is 3. The molecule has 0 atom stereocenters. The van der Waals surface area contributed by atoms with E-state index in [1.165, 1.54) is 0 Å². The summed E-state index contributed by atoms with van der Waals surface area (Å²) < 4.78 is 0. The summed E-state index contributed by atoms with van der Waals surface area (Å²) in [5.41, 5.74) is 10.0. The molecule has 49 heavy (non-hydrogen) atoms. The first-order chi connectivity index (χ1) is 24.2. The first kappa shape index (κ1) is 29.6. The van der Waals surface area contributed by atoms with Crippen molar-refractivity contribution < 1.29 is 0 Å². The minimum atomic E-state index is 0.633. The quantitative estimate of drug-likeness (QED) is 0.135. The molecule has 0 saturated heterocycles. The SMILES string of the molecule is C=N/C(=C\C=C/C)c1ccc(C2=Nc3cc4ccccc4nc3C(c3ccc(-c4ccccn4)nc3)=Nc3cc4ccccc4nc32)cn1. The Morgan fingerprint density at radius 2 is 1.22 bits per heavy atom. The molecular formula is C41H28N8. The van der Waals surface area contributed by atoms with Crippen molar-refractivity contribution >= 4 is 57.0 Å². The fraction of sp³-hybridized carbons (Fsp3) is 0.0244. The van der Waals surface area contributed by atoms with Crippen molar-refractivity contribution in [1.82, 2.24) is 24.9 Å². The molecule has 8 heteroatoms. The highest BCUT2D eigenvalue weighted by Gasteiger charge is 2.24. The molecule has 0 spiro atoms. The summed E-state index contributed by atoms with van der Waals surface area (Å²) in [5, 5.41) is 1.92. The average molecular weight is 633 g/mol. The number of rotatable bonds is 6. The molecule has 1 aliphatic heterocycles. The van der Waals surface area contributed by atoms with Gasteiger partial charge in [0.05, 0.1) is 45.2 Å². The minimum Gasteiger partial charge on any atom is -0.262 e. The van der Waals surface area contributed by atoms with E-state index in [-0.39, 0.29) is 0 Å². The molecule has 0 bridgehead atoms. The predicted molar refractivity (Wildman–Crippen MR) is 198 cm³/mol. The van der Waals surface area contributed by atoms with E-state index in [0.717, 1.165) is 44.3 Å². The molecule has 6 heterocycles. The standard InChI is InChI=1S/C41H28N8/c1-3-4-13-32(42-2)34-19-17-28(24-44-34)38-40-36(22-26-11-5-7-14-30(26)46-40)49-39(29-18-20-35(45-25-29)33-16-9-10-21-43-33)41-37(48-38)23-27-12-6-8-15-31(27)47-41/h3-25H,2H2,1H3/b4-3-,32-13-,40-38?,41-39?,48-37?,48-38?,49-36?,49-39?. The van der Waals surface area contributed by atoms with Crippen LogP contribution in [-0.2, 0) is 0 Å². The zero-order valence-corrected chi connectivity index (χ0v) is 26.6. The number of para-hydroxylation sites is 2. The zero-order chi connectivity index (χ0) is 33.2. The number of nitrogens with zero attached hydrogens (tertiary/aromatic N) is 8. The lowest BCUT2D eigenvalue weighted by atomic mass is 10.0. The van der Waals surface area contributed by atoms with E-state index in [9.17, 15) is 0 Å². The van der Waals surface area contributed by atoms with E-state index in [1.54, 1.807) is 12.4 Å². The second-order valence-corrected chi connectivity index (χ2v) is 11.3. The maximum absolute atomic E-state index is 5.33. The van der Waals surface area contributed by atoms with E-state index in [4.69, 9.17) is 29.9 Å². The summed E-state index contributed by atoms with van der Waals surface area (Å²) in [6.07, 6.45) is 11.1. The number of pyridine rings is 5. The minimum absolute atomic E-state index is 0.633. The zero-order valence-electron chi connectivity index (χ0n) is 26.6. The van der Waals surface area contributed by atoms with Gasteiger partial charge in [0.25, 0.3) is 0 Å². The molecule has 1 aliphatic rings. The van der Waals surface area contributed by atoms with E-state index in [1.807, 2.05) is 122 Å². The Labute approximate surface area is 282 Å². The molecule has 0 fully saturated rings. The summed E-state index contributed by atoms with van der Waals surface area (Å²) in [7, 11) is 0. The Morgan fingerprint density at radius 1 is 0.633 bits per heavy atom. The van der Waals surface area contributed by atoms with Crippen molar-refractivity contribution in [2.45, 2.75) is 6.92 Å². The smallest absolute Gasteiger partial charge is 0.116 e. The van der Waals surface area contributed by atoms with Gasteiger partial charge in [0.1, 0.15) is 22.8 Å². The molecule has 5 aromatic heterocycles. The van der Waals surface area contributed by atoms with Crippen molar-refractivity contribution in [3.63, 3.8) is 0 Å². The van der Waals surface area contributed by atoms with Crippen LogP contribution in [0.25, 0.3) is 38.9 Å². The number of fused-ring (bicyclic) bond motifs is 4.